The molecule has 0 spiro atoms. The van der Waals surface area contributed by atoms with E-state index < -0.39 is 30.1 Å². The lowest BCUT2D eigenvalue weighted by Crippen LogP contribution is -2.58. The SMILES string of the molecule is NC(=O)C1CCCCN1C(=O)C1CCC(C(F)(F)F)CN1. The summed E-state index contributed by atoms with van der Waals surface area (Å²) in [4.78, 5) is 25.2. The smallest absolute Gasteiger partial charge is 0.368 e. The van der Waals surface area contributed by atoms with E-state index in [1.165, 1.54) is 4.90 Å². The molecule has 2 saturated heterocycles. The van der Waals surface area contributed by atoms with Gasteiger partial charge in [-0.25, -0.2) is 0 Å². The Balaban J connectivity index is 1.96. The summed E-state index contributed by atoms with van der Waals surface area (Å²) in [5, 5.41) is 2.67. The molecule has 2 fully saturated rings. The van der Waals surface area contributed by atoms with Gasteiger partial charge in [0.05, 0.1) is 12.0 Å². The average molecular weight is 307 g/mol. The van der Waals surface area contributed by atoms with E-state index in [1.807, 2.05) is 0 Å². The molecule has 3 N–H and O–H groups in total. The number of carbonyl (C=O) groups is 2. The van der Waals surface area contributed by atoms with Crippen LogP contribution >= 0.6 is 0 Å². The number of carbonyl (C=O) groups excluding carboxylic acids is 2. The van der Waals surface area contributed by atoms with Crippen molar-refractivity contribution in [3.8, 4) is 0 Å². The van der Waals surface area contributed by atoms with Crippen LogP contribution in [-0.4, -0.2) is 48.1 Å². The van der Waals surface area contributed by atoms with Crippen molar-refractivity contribution in [2.45, 2.75) is 50.4 Å². The van der Waals surface area contributed by atoms with Crippen LogP contribution in [0.2, 0.25) is 0 Å². The summed E-state index contributed by atoms with van der Waals surface area (Å²) in [6.07, 6.45) is -2.03. The molecule has 21 heavy (non-hydrogen) atoms. The number of halogens is 3. The van der Waals surface area contributed by atoms with Crippen molar-refractivity contribution in [1.29, 1.82) is 0 Å². The minimum absolute atomic E-state index is 0.0675. The maximum absolute atomic E-state index is 12.6. The fraction of sp³-hybridized carbons (Fsp3) is 0.846. The molecule has 3 atom stereocenters. The van der Waals surface area contributed by atoms with E-state index in [2.05, 4.69) is 5.32 Å². The highest BCUT2D eigenvalue weighted by atomic mass is 19.4. The molecule has 3 unspecified atom stereocenters. The third-order valence-electron chi connectivity index (χ3n) is 4.29. The topological polar surface area (TPSA) is 75.4 Å². The molecule has 2 amide bonds. The van der Waals surface area contributed by atoms with Crippen LogP contribution in [0.25, 0.3) is 0 Å². The van der Waals surface area contributed by atoms with Gasteiger partial charge in [0.15, 0.2) is 0 Å². The van der Waals surface area contributed by atoms with Gasteiger partial charge in [-0.15, -0.1) is 0 Å². The number of hydrogen-bond acceptors (Lipinski definition) is 3. The lowest BCUT2D eigenvalue weighted by atomic mass is 9.92. The van der Waals surface area contributed by atoms with E-state index in [9.17, 15) is 22.8 Å². The summed E-state index contributed by atoms with van der Waals surface area (Å²) < 4.78 is 37.8. The molecule has 0 aromatic rings. The Hall–Kier alpha value is -1.31. The molecule has 120 valence electrons. The summed E-state index contributed by atoms with van der Waals surface area (Å²) in [6.45, 7) is 0.183. The molecule has 0 saturated carbocycles. The second-order valence-corrected chi connectivity index (χ2v) is 5.72. The first-order valence-electron chi connectivity index (χ1n) is 7.20. The highest BCUT2D eigenvalue weighted by Crippen LogP contribution is 2.32. The zero-order valence-electron chi connectivity index (χ0n) is 11.7. The van der Waals surface area contributed by atoms with Gasteiger partial charge in [0, 0.05) is 13.1 Å². The van der Waals surface area contributed by atoms with E-state index in [0.29, 0.717) is 13.0 Å². The largest absolute Gasteiger partial charge is 0.393 e. The van der Waals surface area contributed by atoms with E-state index >= 15 is 0 Å². The molecule has 2 aliphatic rings. The first-order chi connectivity index (χ1) is 9.80. The van der Waals surface area contributed by atoms with Crippen LogP contribution in [0.4, 0.5) is 13.2 Å². The van der Waals surface area contributed by atoms with Crippen molar-refractivity contribution in [2.24, 2.45) is 11.7 Å². The van der Waals surface area contributed by atoms with E-state index in [0.717, 1.165) is 12.8 Å². The van der Waals surface area contributed by atoms with Crippen molar-refractivity contribution in [2.75, 3.05) is 13.1 Å². The molecular weight excluding hydrogens is 287 g/mol. The van der Waals surface area contributed by atoms with Gasteiger partial charge in [0.1, 0.15) is 6.04 Å². The van der Waals surface area contributed by atoms with Crippen LogP contribution < -0.4 is 11.1 Å². The Morgan fingerprint density at radius 1 is 1.14 bits per heavy atom. The fourth-order valence-corrected chi connectivity index (χ4v) is 3.04. The molecule has 5 nitrogen and oxygen atoms in total. The van der Waals surface area contributed by atoms with Crippen molar-refractivity contribution < 1.29 is 22.8 Å². The number of piperidine rings is 2. The fourth-order valence-electron chi connectivity index (χ4n) is 3.04. The number of primary amides is 1. The number of amides is 2. The normalized spacial score (nSPS) is 31.0. The summed E-state index contributed by atoms with van der Waals surface area (Å²) in [5.41, 5.74) is 5.30. The molecule has 0 radical (unpaired) electrons. The Bertz CT molecular complexity index is 406. The summed E-state index contributed by atoms with van der Waals surface area (Å²) in [5.74, 6) is -2.26. The first-order valence-corrected chi connectivity index (χ1v) is 7.20. The van der Waals surface area contributed by atoms with Crippen LogP contribution in [0, 0.1) is 5.92 Å². The van der Waals surface area contributed by atoms with Gasteiger partial charge in [-0.1, -0.05) is 0 Å². The number of rotatable bonds is 2. The standard InChI is InChI=1S/C13H20F3N3O2/c14-13(15,16)8-4-5-9(18-7-8)12(21)19-6-2-1-3-10(19)11(17)20/h8-10,18H,1-7H2,(H2,17,20). The minimum atomic E-state index is -4.23. The monoisotopic (exact) mass is 307 g/mol. The number of nitrogens with one attached hydrogen (secondary N) is 1. The number of nitrogens with zero attached hydrogens (tertiary/aromatic N) is 1. The first kappa shape index (κ1) is 16.1. The lowest BCUT2D eigenvalue weighted by Gasteiger charge is -2.38. The van der Waals surface area contributed by atoms with Gasteiger partial charge in [0.25, 0.3) is 0 Å². The van der Waals surface area contributed by atoms with Crippen molar-refractivity contribution in [3.63, 3.8) is 0 Å². The quantitative estimate of drug-likeness (QED) is 0.792. The Morgan fingerprint density at radius 2 is 1.86 bits per heavy atom. The molecule has 0 aromatic heterocycles. The van der Waals surface area contributed by atoms with Crippen molar-refractivity contribution >= 4 is 11.8 Å². The predicted molar refractivity (Wildman–Crippen MR) is 69.1 cm³/mol. The summed E-state index contributed by atoms with van der Waals surface area (Å²) in [6, 6.07) is -1.28. The summed E-state index contributed by atoms with van der Waals surface area (Å²) >= 11 is 0. The maximum Gasteiger partial charge on any atom is 0.393 e. The van der Waals surface area contributed by atoms with Gasteiger partial charge in [-0.3, -0.25) is 9.59 Å². The molecule has 8 heteroatoms. The molecule has 0 bridgehead atoms. The number of nitrogens with two attached hydrogens (primary N) is 1. The van der Waals surface area contributed by atoms with Crippen LogP contribution in [0.5, 0.6) is 0 Å². The molecule has 2 heterocycles. The van der Waals surface area contributed by atoms with Gasteiger partial charge >= 0.3 is 6.18 Å². The van der Waals surface area contributed by atoms with Gasteiger partial charge in [-0.2, -0.15) is 13.2 Å². The van der Waals surface area contributed by atoms with Crippen LogP contribution in [0.15, 0.2) is 0 Å². The predicted octanol–water partition coefficient (Wildman–Crippen LogP) is 0.783. The van der Waals surface area contributed by atoms with Crippen molar-refractivity contribution in [3.05, 3.63) is 0 Å². The maximum atomic E-state index is 12.6. The molecular formula is C13H20F3N3O2. The second-order valence-electron chi connectivity index (χ2n) is 5.72. The third-order valence-corrected chi connectivity index (χ3v) is 4.29. The zero-order chi connectivity index (χ0) is 15.6. The van der Waals surface area contributed by atoms with Crippen LogP contribution in [-0.2, 0) is 9.59 Å². The molecule has 2 rings (SSSR count). The van der Waals surface area contributed by atoms with Gasteiger partial charge in [-0.05, 0) is 32.1 Å². The second kappa shape index (κ2) is 6.21. The van der Waals surface area contributed by atoms with E-state index in [4.69, 9.17) is 5.73 Å². The van der Waals surface area contributed by atoms with E-state index in [-0.39, 0.29) is 25.3 Å². The molecule has 2 aliphatic heterocycles. The van der Waals surface area contributed by atoms with E-state index in [1.54, 1.807) is 0 Å². The number of hydrogen-bond donors (Lipinski definition) is 2. The third kappa shape index (κ3) is 3.66. The Kier molecular flexibility index (Phi) is 4.75. The highest BCUT2D eigenvalue weighted by molar-refractivity contribution is 5.89. The molecule has 0 aliphatic carbocycles. The van der Waals surface area contributed by atoms with Crippen LogP contribution in [0.3, 0.4) is 0 Å². The van der Waals surface area contributed by atoms with Gasteiger partial charge < -0.3 is 16.0 Å². The highest BCUT2D eigenvalue weighted by Gasteiger charge is 2.43. The van der Waals surface area contributed by atoms with Crippen LogP contribution in [0.1, 0.15) is 32.1 Å². The minimum Gasteiger partial charge on any atom is -0.368 e. The number of alkyl halides is 3. The zero-order valence-corrected chi connectivity index (χ0v) is 11.7. The summed E-state index contributed by atoms with van der Waals surface area (Å²) in [7, 11) is 0. The van der Waals surface area contributed by atoms with Crippen molar-refractivity contribution in [1.82, 2.24) is 10.2 Å². The Labute approximate surface area is 121 Å². The number of likely N-dealkylation sites (tertiary alicyclic amines) is 1. The molecule has 0 aromatic carbocycles. The average Bonchev–Trinajstić information content (AvgIpc) is 2.45. The Morgan fingerprint density at radius 3 is 2.38 bits per heavy atom. The van der Waals surface area contributed by atoms with Gasteiger partial charge in [0.2, 0.25) is 11.8 Å². The lowest BCUT2D eigenvalue weighted by molar-refractivity contribution is -0.181.